The molecule has 0 aliphatic heterocycles. The maximum Gasteiger partial charge on any atom is 0.243 e. The van der Waals surface area contributed by atoms with Gasteiger partial charge < -0.3 is 49.9 Å². The Balaban J connectivity index is 1.60. The first-order valence-corrected chi connectivity index (χ1v) is 18.3. The highest BCUT2D eigenvalue weighted by atomic mass is 16.2. The van der Waals surface area contributed by atoms with E-state index in [-0.39, 0.29) is 57.1 Å². The van der Waals surface area contributed by atoms with E-state index < -0.39 is 53.7 Å². The number of hydrogen-bond acceptors (Lipinski definition) is 7. The van der Waals surface area contributed by atoms with Crippen LogP contribution < -0.4 is 49.9 Å². The summed E-state index contributed by atoms with van der Waals surface area (Å²) in [5.74, 6) is -3.42. The van der Waals surface area contributed by atoms with Crippen molar-refractivity contribution in [3.05, 3.63) is 96.1 Å². The molecule has 0 aliphatic carbocycles. The van der Waals surface area contributed by atoms with Gasteiger partial charge in [0.05, 0.1) is 0 Å². The molecule has 56 heavy (non-hydrogen) atoms. The van der Waals surface area contributed by atoms with Gasteiger partial charge in [0.25, 0.3) is 0 Å². The number of carbonyl (C=O) groups excluding carboxylic acids is 5. The molecular weight excluding hydrogens is 715 g/mol. The molecule has 0 aromatic heterocycles. The van der Waals surface area contributed by atoms with Crippen molar-refractivity contribution in [1.82, 2.24) is 21.3 Å². The topological polar surface area (TPSA) is 288 Å². The summed E-state index contributed by atoms with van der Waals surface area (Å²) in [6.07, 6.45) is 1.02. The lowest BCUT2D eigenvalue weighted by Crippen LogP contribution is -2.58. The van der Waals surface area contributed by atoms with Crippen LogP contribution in [0.3, 0.4) is 0 Å². The average molecular weight is 766 g/mol. The zero-order valence-electron chi connectivity index (χ0n) is 31.4. The van der Waals surface area contributed by atoms with Crippen LogP contribution >= 0.6 is 0 Å². The van der Waals surface area contributed by atoms with Crippen molar-refractivity contribution in [1.29, 1.82) is 0 Å². The summed E-state index contributed by atoms with van der Waals surface area (Å²) in [6, 6.07) is 22.3. The Morgan fingerprint density at radius 1 is 0.518 bits per heavy atom. The van der Waals surface area contributed by atoms with E-state index in [9.17, 15) is 24.0 Å². The minimum Gasteiger partial charge on any atom is -0.370 e. The SMILES string of the molecule is CC(=O)N[C@H](Cc1ccc2ccccc2c1)C(=O)N[C@@H](CCCN=C(N)N)C(=O)N[C@@H](Cc1ccc2ccccc2c1)C(=O)N[C@@H](CCCN=C(N)N)C(N)=O. The highest BCUT2D eigenvalue weighted by Crippen LogP contribution is 2.19. The van der Waals surface area contributed by atoms with Crippen LogP contribution in [-0.2, 0) is 36.8 Å². The lowest BCUT2D eigenvalue weighted by atomic mass is 9.99. The van der Waals surface area contributed by atoms with Crippen molar-refractivity contribution in [2.24, 2.45) is 38.7 Å². The number of nitrogens with one attached hydrogen (secondary N) is 4. The Morgan fingerprint density at radius 3 is 1.36 bits per heavy atom. The number of nitrogens with two attached hydrogens (primary N) is 5. The van der Waals surface area contributed by atoms with Gasteiger partial charge in [-0.25, -0.2) is 0 Å². The number of nitrogens with zero attached hydrogens (tertiary/aromatic N) is 2. The minimum atomic E-state index is -1.20. The third kappa shape index (κ3) is 13.3. The molecule has 4 aromatic carbocycles. The number of fused-ring (bicyclic) bond motifs is 2. The van der Waals surface area contributed by atoms with Gasteiger partial charge in [-0.05, 0) is 58.4 Å². The lowest BCUT2D eigenvalue weighted by molar-refractivity contribution is -0.134. The van der Waals surface area contributed by atoms with E-state index in [1.54, 1.807) is 0 Å². The average Bonchev–Trinajstić information content (AvgIpc) is 3.15. The molecule has 5 amide bonds. The van der Waals surface area contributed by atoms with Crippen molar-refractivity contribution in [3.63, 3.8) is 0 Å². The van der Waals surface area contributed by atoms with Gasteiger partial charge in [-0.3, -0.25) is 34.0 Å². The van der Waals surface area contributed by atoms with Crippen LogP contribution in [0.2, 0.25) is 0 Å². The monoisotopic (exact) mass is 765 g/mol. The second-order valence-electron chi connectivity index (χ2n) is 13.5. The fourth-order valence-corrected chi connectivity index (χ4v) is 6.25. The molecule has 4 rings (SSSR count). The van der Waals surface area contributed by atoms with E-state index in [1.165, 1.54) is 6.92 Å². The van der Waals surface area contributed by atoms with Crippen LogP contribution in [0.5, 0.6) is 0 Å². The number of benzene rings is 4. The van der Waals surface area contributed by atoms with Gasteiger partial charge in [-0.2, -0.15) is 0 Å². The largest absolute Gasteiger partial charge is 0.370 e. The van der Waals surface area contributed by atoms with Gasteiger partial charge in [0, 0.05) is 32.9 Å². The van der Waals surface area contributed by atoms with Crippen molar-refractivity contribution >= 4 is 63.0 Å². The first-order chi connectivity index (χ1) is 26.8. The zero-order chi connectivity index (χ0) is 40.6. The van der Waals surface area contributed by atoms with Gasteiger partial charge in [0.2, 0.25) is 29.5 Å². The molecular formula is C40H51N11O5. The third-order valence-electron chi connectivity index (χ3n) is 9.02. The molecule has 0 bridgehead atoms. The molecule has 4 aromatic rings. The second kappa shape index (κ2) is 20.7. The minimum absolute atomic E-state index is 0.0348. The predicted molar refractivity (Wildman–Crippen MR) is 218 cm³/mol. The number of guanidine groups is 2. The van der Waals surface area contributed by atoms with Crippen LogP contribution in [0.25, 0.3) is 21.5 Å². The number of rotatable bonds is 20. The molecule has 0 unspecified atom stereocenters. The van der Waals surface area contributed by atoms with Crippen LogP contribution in [0, 0.1) is 0 Å². The summed E-state index contributed by atoms with van der Waals surface area (Å²) in [5.41, 5.74) is 29.0. The Bertz CT molecular complexity index is 2080. The first-order valence-electron chi connectivity index (χ1n) is 18.3. The Labute approximate surface area is 325 Å². The fourth-order valence-electron chi connectivity index (χ4n) is 6.25. The van der Waals surface area contributed by atoms with Crippen molar-refractivity contribution in [3.8, 4) is 0 Å². The second-order valence-corrected chi connectivity index (χ2v) is 13.5. The summed E-state index contributed by atoms with van der Waals surface area (Å²) < 4.78 is 0. The van der Waals surface area contributed by atoms with Crippen LogP contribution in [0.1, 0.15) is 43.7 Å². The molecule has 16 heteroatoms. The third-order valence-corrected chi connectivity index (χ3v) is 9.02. The van der Waals surface area contributed by atoms with E-state index in [1.807, 2.05) is 84.9 Å². The standard InChI is InChI=1S/C40H51N11O5/c1-24(52)48-33(22-25-14-16-27-8-2-4-10-29(27)20-25)37(55)50-32(13-7-19-47-40(44)45)36(54)51-34(23-26-15-17-28-9-3-5-11-30(28)21-26)38(56)49-31(35(41)53)12-6-18-46-39(42)43/h2-5,8-11,14-17,20-21,31-34H,6-7,12-13,18-19,22-23H2,1H3,(H2,41,53)(H,48,52)(H,49,56)(H,50,55)(H,51,54)(H4,42,43,46)(H4,44,45,47)/t31-,32-,33+,34-/m0/s1. The van der Waals surface area contributed by atoms with E-state index in [4.69, 9.17) is 28.7 Å². The quantitative estimate of drug-likeness (QED) is 0.0340. The van der Waals surface area contributed by atoms with E-state index in [0.717, 1.165) is 32.7 Å². The molecule has 0 aliphatic rings. The van der Waals surface area contributed by atoms with Gasteiger partial charge in [0.15, 0.2) is 11.9 Å². The highest BCUT2D eigenvalue weighted by Gasteiger charge is 2.31. The smallest absolute Gasteiger partial charge is 0.243 e. The number of primary amides is 1. The Morgan fingerprint density at radius 2 is 0.911 bits per heavy atom. The lowest BCUT2D eigenvalue weighted by Gasteiger charge is -2.26. The summed E-state index contributed by atoms with van der Waals surface area (Å²) in [5, 5.41) is 14.8. The van der Waals surface area contributed by atoms with E-state index >= 15 is 0 Å². The molecule has 4 atom stereocenters. The van der Waals surface area contributed by atoms with E-state index in [0.29, 0.717) is 6.42 Å². The molecule has 14 N–H and O–H groups in total. The number of carbonyl (C=O) groups is 5. The van der Waals surface area contributed by atoms with Crippen LogP contribution in [0.4, 0.5) is 0 Å². The molecule has 296 valence electrons. The summed E-state index contributed by atoms with van der Waals surface area (Å²) in [4.78, 5) is 74.6. The van der Waals surface area contributed by atoms with Crippen molar-refractivity contribution in [2.45, 2.75) is 69.6 Å². The van der Waals surface area contributed by atoms with Crippen molar-refractivity contribution < 1.29 is 24.0 Å². The molecule has 0 radical (unpaired) electrons. The first kappa shape index (κ1) is 42.0. The van der Waals surface area contributed by atoms with Gasteiger partial charge in [0.1, 0.15) is 24.2 Å². The van der Waals surface area contributed by atoms with Gasteiger partial charge in [-0.1, -0.05) is 84.9 Å². The molecule has 0 spiro atoms. The number of aliphatic imine (C=N–C) groups is 2. The van der Waals surface area contributed by atoms with Gasteiger partial charge in [-0.15, -0.1) is 0 Å². The fraction of sp³-hybridized carbons (Fsp3) is 0.325. The predicted octanol–water partition coefficient (Wildman–Crippen LogP) is 0.330. The van der Waals surface area contributed by atoms with Crippen LogP contribution in [0.15, 0.2) is 94.9 Å². The Kier molecular flexibility index (Phi) is 15.5. The van der Waals surface area contributed by atoms with Gasteiger partial charge >= 0.3 is 0 Å². The highest BCUT2D eigenvalue weighted by molar-refractivity contribution is 5.96. The molecule has 0 saturated heterocycles. The summed E-state index contributed by atoms with van der Waals surface area (Å²) in [6.45, 7) is 1.67. The zero-order valence-corrected chi connectivity index (χ0v) is 31.4. The molecule has 16 nitrogen and oxygen atoms in total. The summed E-state index contributed by atoms with van der Waals surface area (Å²) >= 11 is 0. The van der Waals surface area contributed by atoms with Crippen LogP contribution in [-0.4, -0.2) is 78.7 Å². The normalized spacial score (nSPS) is 13.0. The van der Waals surface area contributed by atoms with E-state index in [2.05, 4.69) is 31.3 Å². The number of amides is 5. The van der Waals surface area contributed by atoms with Crippen molar-refractivity contribution in [2.75, 3.05) is 13.1 Å². The molecule has 0 fully saturated rings. The molecule has 0 heterocycles. The maximum atomic E-state index is 14.2. The molecule has 0 saturated carbocycles. The number of hydrogen-bond donors (Lipinski definition) is 9. The maximum absolute atomic E-state index is 14.2. The Hall–Kier alpha value is -6.71. The summed E-state index contributed by atoms with van der Waals surface area (Å²) in [7, 11) is 0.